The number of rotatable bonds is 8. The van der Waals surface area contributed by atoms with Crippen LogP contribution >= 0.6 is 24.0 Å². The molecule has 1 aromatic carbocycles. The highest BCUT2D eigenvalue weighted by Gasteiger charge is 2.01. The Hall–Kier alpha value is -1.51. The third-order valence-electron chi connectivity index (χ3n) is 2.91. The van der Waals surface area contributed by atoms with Crippen LogP contribution in [-0.4, -0.2) is 38.6 Å². The highest BCUT2D eigenvalue weighted by molar-refractivity contribution is 14.0. The summed E-state index contributed by atoms with van der Waals surface area (Å²) in [5.74, 6) is 1.56. The smallest absolute Gasteiger partial charge is 0.255 e. The van der Waals surface area contributed by atoms with Crippen molar-refractivity contribution in [1.29, 1.82) is 0 Å². The van der Waals surface area contributed by atoms with Crippen molar-refractivity contribution in [3.63, 3.8) is 0 Å². The standard InChI is InChI=1S/C16H26N4O2.HI/c1-12(2)10-20-16(18-3)19-9-8-13-4-6-14(7-5-13)22-11-15(17)21;/h4-7,12H,8-11H2,1-3H3,(H2,17,21)(H2,18,19,20);1H. The van der Waals surface area contributed by atoms with Crippen LogP contribution in [0.5, 0.6) is 5.75 Å². The van der Waals surface area contributed by atoms with Crippen LogP contribution in [0, 0.1) is 5.92 Å². The lowest BCUT2D eigenvalue weighted by Crippen LogP contribution is -2.39. The second-order valence-electron chi connectivity index (χ2n) is 5.42. The van der Waals surface area contributed by atoms with E-state index < -0.39 is 5.91 Å². The van der Waals surface area contributed by atoms with E-state index in [1.165, 1.54) is 5.56 Å². The van der Waals surface area contributed by atoms with Crippen molar-refractivity contribution in [2.75, 3.05) is 26.7 Å². The van der Waals surface area contributed by atoms with Gasteiger partial charge in [0, 0.05) is 20.1 Å². The number of primary amides is 1. The minimum atomic E-state index is -0.478. The molecule has 0 aromatic heterocycles. The third kappa shape index (κ3) is 9.98. The van der Waals surface area contributed by atoms with Crippen molar-refractivity contribution >= 4 is 35.8 Å². The number of amides is 1. The number of benzene rings is 1. The fourth-order valence-corrected chi connectivity index (χ4v) is 1.75. The van der Waals surface area contributed by atoms with Gasteiger partial charge in [0.05, 0.1) is 0 Å². The molecule has 130 valence electrons. The lowest BCUT2D eigenvalue weighted by molar-refractivity contribution is -0.119. The maximum atomic E-state index is 10.6. The Bertz CT molecular complexity index is 489. The van der Waals surface area contributed by atoms with Crippen LogP contribution in [0.25, 0.3) is 0 Å². The quantitative estimate of drug-likeness (QED) is 0.329. The monoisotopic (exact) mass is 434 g/mol. The largest absolute Gasteiger partial charge is 0.484 e. The molecule has 7 heteroatoms. The molecule has 6 nitrogen and oxygen atoms in total. The maximum Gasteiger partial charge on any atom is 0.255 e. The van der Waals surface area contributed by atoms with Gasteiger partial charge in [0.15, 0.2) is 12.6 Å². The number of ether oxygens (including phenoxy) is 1. The predicted octanol–water partition coefficient (Wildman–Crippen LogP) is 1.53. The molecule has 0 fully saturated rings. The van der Waals surface area contributed by atoms with Crippen LogP contribution in [-0.2, 0) is 11.2 Å². The average molecular weight is 434 g/mol. The summed E-state index contributed by atoms with van der Waals surface area (Å²) in [5.41, 5.74) is 6.21. The number of nitrogens with two attached hydrogens (primary N) is 1. The average Bonchev–Trinajstić information content (AvgIpc) is 2.49. The molecule has 0 atom stereocenters. The molecule has 1 aromatic rings. The van der Waals surface area contributed by atoms with Gasteiger partial charge in [-0.3, -0.25) is 9.79 Å². The molecule has 0 unspecified atom stereocenters. The second-order valence-corrected chi connectivity index (χ2v) is 5.42. The van der Waals surface area contributed by atoms with Gasteiger partial charge in [-0.15, -0.1) is 24.0 Å². The molecule has 0 saturated carbocycles. The number of hydrogen-bond donors (Lipinski definition) is 3. The van der Waals surface area contributed by atoms with Gasteiger partial charge in [-0.1, -0.05) is 26.0 Å². The summed E-state index contributed by atoms with van der Waals surface area (Å²) in [6.45, 7) is 5.90. The second kappa shape index (κ2) is 12.0. The topological polar surface area (TPSA) is 88.7 Å². The molecule has 0 saturated heterocycles. The first-order valence-corrected chi connectivity index (χ1v) is 7.45. The fourth-order valence-electron chi connectivity index (χ4n) is 1.75. The van der Waals surface area contributed by atoms with Crippen LogP contribution in [0.3, 0.4) is 0 Å². The molecule has 0 bridgehead atoms. The van der Waals surface area contributed by atoms with Crippen LogP contribution in [0.2, 0.25) is 0 Å². The number of carbonyl (C=O) groups excluding carboxylic acids is 1. The molecule has 1 rings (SSSR count). The summed E-state index contributed by atoms with van der Waals surface area (Å²) in [5, 5.41) is 6.54. The predicted molar refractivity (Wildman–Crippen MR) is 104 cm³/mol. The summed E-state index contributed by atoms with van der Waals surface area (Å²) >= 11 is 0. The van der Waals surface area contributed by atoms with E-state index in [9.17, 15) is 4.79 Å². The number of guanidine groups is 1. The van der Waals surface area contributed by atoms with E-state index in [0.29, 0.717) is 11.7 Å². The van der Waals surface area contributed by atoms with Crippen LogP contribution in [0.15, 0.2) is 29.3 Å². The lowest BCUT2D eigenvalue weighted by Gasteiger charge is -2.13. The molecule has 0 spiro atoms. The summed E-state index contributed by atoms with van der Waals surface area (Å²) in [4.78, 5) is 14.8. The molecule has 0 radical (unpaired) electrons. The first kappa shape index (κ1) is 21.5. The molecule has 0 aliphatic carbocycles. The van der Waals surface area contributed by atoms with Crippen molar-refractivity contribution in [3.05, 3.63) is 29.8 Å². The first-order chi connectivity index (χ1) is 10.5. The summed E-state index contributed by atoms with van der Waals surface area (Å²) in [6, 6.07) is 7.62. The van der Waals surface area contributed by atoms with E-state index >= 15 is 0 Å². The number of carbonyl (C=O) groups is 1. The molecule has 4 N–H and O–H groups in total. The lowest BCUT2D eigenvalue weighted by atomic mass is 10.1. The van der Waals surface area contributed by atoms with Crippen molar-refractivity contribution in [2.24, 2.45) is 16.6 Å². The molecule has 1 amide bonds. The zero-order valence-corrected chi connectivity index (χ0v) is 16.3. The Labute approximate surface area is 155 Å². The van der Waals surface area contributed by atoms with Gasteiger partial charge < -0.3 is 21.1 Å². The first-order valence-electron chi connectivity index (χ1n) is 7.45. The van der Waals surface area contributed by atoms with Gasteiger partial charge in [-0.25, -0.2) is 0 Å². The Morgan fingerprint density at radius 1 is 1.26 bits per heavy atom. The number of aliphatic imine (C=N–C) groups is 1. The van der Waals surface area contributed by atoms with Crippen LogP contribution in [0.4, 0.5) is 0 Å². The minimum Gasteiger partial charge on any atom is -0.484 e. The highest BCUT2D eigenvalue weighted by Crippen LogP contribution is 2.12. The highest BCUT2D eigenvalue weighted by atomic mass is 127. The number of hydrogen-bond acceptors (Lipinski definition) is 3. The van der Waals surface area contributed by atoms with E-state index in [0.717, 1.165) is 25.5 Å². The van der Waals surface area contributed by atoms with Crippen molar-refractivity contribution in [3.8, 4) is 5.75 Å². The maximum absolute atomic E-state index is 10.6. The third-order valence-corrected chi connectivity index (χ3v) is 2.91. The van der Waals surface area contributed by atoms with Crippen LogP contribution < -0.4 is 21.1 Å². The van der Waals surface area contributed by atoms with Gasteiger partial charge in [0.25, 0.3) is 5.91 Å². The normalized spacial score (nSPS) is 10.9. The van der Waals surface area contributed by atoms with Gasteiger partial charge in [-0.05, 0) is 30.0 Å². The van der Waals surface area contributed by atoms with E-state index in [2.05, 4.69) is 29.5 Å². The zero-order chi connectivity index (χ0) is 16.4. The Balaban J connectivity index is 0.00000484. The minimum absolute atomic E-state index is 0. The van der Waals surface area contributed by atoms with Gasteiger partial charge in [-0.2, -0.15) is 0 Å². The Kier molecular flexibility index (Phi) is 11.2. The van der Waals surface area contributed by atoms with Crippen molar-refractivity contribution < 1.29 is 9.53 Å². The van der Waals surface area contributed by atoms with E-state index in [4.69, 9.17) is 10.5 Å². The van der Waals surface area contributed by atoms with E-state index in [1.807, 2.05) is 24.3 Å². The fraction of sp³-hybridized carbons (Fsp3) is 0.500. The van der Waals surface area contributed by atoms with Gasteiger partial charge in [0.2, 0.25) is 0 Å². The van der Waals surface area contributed by atoms with Crippen molar-refractivity contribution in [2.45, 2.75) is 20.3 Å². The van der Waals surface area contributed by atoms with E-state index in [-0.39, 0.29) is 30.6 Å². The van der Waals surface area contributed by atoms with Crippen LogP contribution in [0.1, 0.15) is 19.4 Å². The van der Waals surface area contributed by atoms with Gasteiger partial charge >= 0.3 is 0 Å². The summed E-state index contributed by atoms with van der Waals surface area (Å²) in [7, 11) is 1.76. The Morgan fingerprint density at radius 3 is 2.43 bits per heavy atom. The Morgan fingerprint density at radius 2 is 1.91 bits per heavy atom. The number of nitrogens with zero attached hydrogens (tertiary/aromatic N) is 1. The molecular formula is C16H27IN4O2. The molecule has 0 aliphatic rings. The molecule has 0 aliphatic heterocycles. The van der Waals surface area contributed by atoms with Crippen molar-refractivity contribution in [1.82, 2.24) is 10.6 Å². The van der Waals surface area contributed by atoms with Gasteiger partial charge in [0.1, 0.15) is 5.75 Å². The van der Waals surface area contributed by atoms with E-state index in [1.54, 1.807) is 7.05 Å². The molecule has 0 heterocycles. The zero-order valence-electron chi connectivity index (χ0n) is 14.0. The number of nitrogens with one attached hydrogen (secondary N) is 2. The molecule has 23 heavy (non-hydrogen) atoms. The SMILES string of the molecule is CN=C(NCCc1ccc(OCC(N)=O)cc1)NCC(C)C.I. The number of halogens is 1. The summed E-state index contributed by atoms with van der Waals surface area (Å²) < 4.78 is 5.22. The molecular weight excluding hydrogens is 407 g/mol. The summed E-state index contributed by atoms with van der Waals surface area (Å²) in [6.07, 6.45) is 0.873.